The van der Waals surface area contributed by atoms with Crippen molar-refractivity contribution in [3.8, 4) is 11.8 Å². The Bertz CT molecular complexity index is 758. The fourth-order valence-electron chi connectivity index (χ4n) is 3.00. The van der Waals surface area contributed by atoms with Gasteiger partial charge in [-0.2, -0.15) is 10.1 Å². The Morgan fingerprint density at radius 2 is 2.08 bits per heavy atom. The highest BCUT2D eigenvalue weighted by Crippen LogP contribution is 2.33. The summed E-state index contributed by atoms with van der Waals surface area (Å²) in [4.78, 5) is 23.6. The zero-order chi connectivity index (χ0) is 18.0. The molecule has 2 aromatic heterocycles. The van der Waals surface area contributed by atoms with Crippen molar-refractivity contribution in [2.75, 3.05) is 20.8 Å². The van der Waals surface area contributed by atoms with E-state index in [-0.39, 0.29) is 23.7 Å². The van der Waals surface area contributed by atoms with Gasteiger partial charge in [0.25, 0.3) is 5.91 Å². The van der Waals surface area contributed by atoms with E-state index in [9.17, 15) is 4.79 Å². The molecule has 2 aromatic rings. The molecule has 0 aliphatic carbocycles. The fourth-order valence-corrected chi connectivity index (χ4v) is 3.00. The number of aromatic nitrogens is 4. The highest BCUT2D eigenvalue weighted by Gasteiger charge is 2.34. The second kappa shape index (κ2) is 7.08. The number of pyridine rings is 1. The van der Waals surface area contributed by atoms with Crippen molar-refractivity contribution in [3.63, 3.8) is 0 Å². The van der Waals surface area contributed by atoms with Crippen LogP contribution >= 0.6 is 0 Å². The normalized spacial score (nSPS) is 17.2. The van der Waals surface area contributed by atoms with E-state index in [1.807, 2.05) is 13.8 Å². The molecule has 1 atom stereocenters. The molecular weight excluding hydrogens is 322 g/mol. The molecule has 1 saturated heterocycles. The molecule has 0 spiro atoms. The van der Waals surface area contributed by atoms with Gasteiger partial charge < -0.3 is 14.4 Å². The minimum atomic E-state index is -0.128. The number of ether oxygens (including phenoxy) is 2. The van der Waals surface area contributed by atoms with Crippen molar-refractivity contribution in [1.82, 2.24) is 25.1 Å². The first-order valence-corrected chi connectivity index (χ1v) is 8.37. The molecule has 1 aliphatic rings. The van der Waals surface area contributed by atoms with Crippen molar-refractivity contribution in [2.45, 2.75) is 38.6 Å². The van der Waals surface area contributed by atoms with E-state index in [4.69, 9.17) is 9.47 Å². The zero-order valence-corrected chi connectivity index (χ0v) is 14.9. The highest BCUT2D eigenvalue weighted by molar-refractivity contribution is 5.96. The minimum absolute atomic E-state index is 0.112. The van der Waals surface area contributed by atoms with Crippen LogP contribution in [0.4, 0.5) is 0 Å². The number of aromatic amines is 1. The van der Waals surface area contributed by atoms with E-state index in [2.05, 4.69) is 20.2 Å². The topological polar surface area (TPSA) is 93.2 Å². The Balaban J connectivity index is 1.88. The number of carbonyl (C=O) groups excluding carboxylic acids is 1. The summed E-state index contributed by atoms with van der Waals surface area (Å²) in [6.07, 6.45) is 1.77. The van der Waals surface area contributed by atoms with E-state index < -0.39 is 0 Å². The summed E-state index contributed by atoms with van der Waals surface area (Å²) in [7, 11) is 3.02. The van der Waals surface area contributed by atoms with Gasteiger partial charge in [0, 0.05) is 18.5 Å². The van der Waals surface area contributed by atoms with Gasteiger partial charge >= 0.3 is 0 Å². The van der Waals surface area contributed by atoms with Crippen LogP contribution in [0.5, 0.6) is 11.8 Å². The zero-order valence-electron chi connectivity index (χ0n) is 14.9. The van der Waals surface area contributed by atoms with Crippen LogP contribution in [0.15, 0.2) is 12.1 Å². The smallest absolute Gasteiger partial charge is 0.259 e. The van der Waals surface area contributed by atoms with Gasteiger partial charge in [0.1, 0.15) is 11.4 Å². The van der Waals surface area contributed by atoms with E-state index in [1.54, 1.807) is 17.0 Å². The summed E-state index contributed by atoms with van der Waals surface area (Å²) in [6, 6.07) is 3.23. The second-order valence-electron chi connectivity index (χ2n) is 6.30. The second-order valence-corrected chi connectivity index (χ2v) is 6.30. The van der Waals surface area contributed by atoms with Crippen LogP contribution in [0.3, 0.4) is 0 Å². The van der Waals surface area contributed by atoms with Gasteiger partial charge in [-0.25, -0.2) is 4.98 Å². The quantitative estimate of drug-likeness (QED) is 0.894. The van der Waals surface area contributed by atoms with Crippen molar-refractivity contribution >= 4 is 5.91 Å². The van der Waals surface area contributed by atoms with Gasteiger partial charge in [-0.1, -0.05) is 13.8 Å². The van der Waals surface area contributed by atoms with E-state index in [1.165, 1.54) is 14.2 Å². The maximum Gasteiger partial charge on any atom is 0.259 e. The minimum Gasteiger partial charge on any atom is -0.481 e. The van der Waals surface area contributed by atoms with Crippen LogP contribution < -0.4 is 9.47 Å². The number of nitrogens with zero attached hydrogens (tertiary/aromatic N) is 4. The number of carbonyl (C=O) groups is 1. The number of rotatable bonds is 5. The Morgan fingerprint density at radius 1 is 1.28 bits per heavy atom. The molecule has 1 N–H and O–H groups in total. The number of methoxy groups -OCH3 is 2. The number of hydrogen-bond donors (Lipinski definition) is 1. The third-order valence-electron chi connectivity index (χ3n) is 4.33. The summed E-state index contributed by atoms with van der Waals surface area (Å²) >= 11 is 0. The summed E-state index contributed by atoms with van der Waals surface area (Å²) < 4.78 is 10.4. The maximum atomic E-state index is 13.1. The van der Waals surface area contributed by atoms with E-state index in [0.29, 0.717) is 18.0 Å². The van der Waals surface area contributed by atoms with Crippen LogP contribution in [0.2, 0.25) is 0 Å². The first kappa shape index (κ1) is 17.2. The first-order valence-electron chi connectivity index (χ1n) is 8.37. The van der Waals surface area contributed by atoms with Crippen LogP contribution in [0.25, 0.3) is 0 Å². The van der Waals surface area contributed by atoms with Crippen LogP contribution in [-0.2, 0) is 0 Å². The van der Waals surface area contributed by atoms with Gasteiger partial charge in [0.2, 0.25) is 11.8 Å². The molecule has 25 heavy (non-hydrogen) atoms. The van der Waals surface area contributed by atoms with Crippen LogP contribution in [-0.4, -0.2) is 51.7 Å². The Hall–Kier alpha value is -2.64. The molecule has 8 nitrogen and oxygen atoms in total. The van der Waals surface area contributed by atoms with Crippen LogP contribution in [0, 0.1) is 0 Å². The summed E-state index contributed by atoms with van der Waals surface area (Å²) in [5.41, 5.74) is 0.416. The molecule has 3 heterocycles. The number of nitrogens with one attached hydrogen (secondary N) is 1. The SMILES string of the molecule is COc1ccc(C(=O)N2CCCC2c2nc(C(C)C)n[nH]2)c(OC)n1. The summed E-state index contributed by atoms with van der Waals surface area (Å²) in [6.45, 7) is 4.74. The van der Waals surface area contributed by atoms with Crippen molar-refractivity contribution in [2.24, 2.45) is 0 Å². The number of hydrogen-bond acceptors (Lipinski definition) is 6. The van der Waals surface area contributed by atoms with Gasteiger partial charge in [0.15, 0.2) is 5.82 Å². The molecule has 1 fully saturated rings. The number of amides is 1. The van der Waals surface area contributed by atoms with Crippen LogP contribution in [0.1, 0.15) is 60.7 Å². The Labute approximate surface area is 146 Å². The van der Waals surface area contributed by atoms with Crippen molar-refractivity contribution in [1.29, 1.82) is 0 Å². The third-order valence-corrected chi connectivity index (χ3v) is 4.33. The molecule has 8 heteroatoms. The lowest BCUT2D eigenvalue weighted by atomic mass is 10.1. The average Bonchev–Trinajstić information content (AvgIpc) is 3.29. The first-order chi connectivity index (χ1) is 12.0. The molecule has 1 amide bonds. The Kier molecular flexibility index (Phi) is 4.87. The standard InChI is InChI=1S/C17H23N5O3/c1-10(2)14-19-15(21-20-14)12-6-5-9-22(12)17(23)11-7-8-13(24-3)18-16(11)25-4/h7-8,10,12H,5-6,9H2,1-4H3,(H,19,20,21). The average molecular weight is 345 g/mol. The molecule has 0 bridgehead atoms. The molecule has 0 aromatic carbocycles. The lowest BCUT2D eigenvalue weighted by Gasteiger charge is -2.23. The van der Waals surface area contributed by atoms with Gasteiger partial charge in [-0.3, -0.25) is 9.89 Å². The summed E-state index contributed by atoms with van der Waals surface area (Å²) in [5.74, 6) is 2.27. The maximum absolute atomic E-state index is 13.1. The molecule has 134 valence electrons. The lowest BCUT2D eigenvalue weighted by molar-refractivity contribution is 0.0725. The van der Waals surface area contributed by atoms with E-state index >= 15 is 0 Å². The molecular formula is C17H23N5O3. The molecule has 1 unspecified atom stereocenters. The third kappa shape index (κ3) is 3.29. The van der Waals surface area contributed by atoms with Gasteiger partial charge in [-0.05, 0) is 18.9 Å². The highest BCUT2D eigenvalue weighted by atomic mass is 16.5. The van der Waals surface area contributed by atoms with Crippen molar-refractivity contribution in [3.05, 3.63) is 29.3 Å². The molecule has 3 rings (SSSR count). The van der Waals surface area contributed by atoms with Gasteiger partial charge in [0.05, 0.1) is 20.3 Å². The fraction of sp³-hybridized carbons (Fsp3) is 0.529. The molecule has 1 aliphatic heterocycles. The largest absolute Gasteiger partial charge is 0.481 e. The predicted octanol–water partition coefficient (Wildman–Crippen LogP) is 2.32. The van der Waals surface area contributed by atoms with Crippen molar-refractivity contribution < 1.29 is 14.3 Å². The molecule has 0 radical (unpaired) electrons. The summed E-state index contributed by atoms with van der Waals surface area (Å²) in [5, 5.41) is 7.25. The number of likely N-dealkylation sites (tertiary alicyclic amines) is 1. The van der Waals surface area contributed by atoms with Gasteiger partial charge in [-0.15, -0.1) is 0 Å². The lowest BCUT2D eigenvalue weighted by Crippen LogP contribution is -2.31. The monoisotopic (exact) mass is 345 g/mol. The predicted molar refractivity (Wildman–Crippen MR) is 90.8 cm³/mol. The Morgan fingerprint density at radius 3 is 2.72 bits per heavy atom. The van der Waals surface area contributed by atoms with E-state index in [0.717, 1.165) is 24.5 Å². The number of H-pyrrole nitrogens is 1. The molecule has 0 saturated carbocycles.